The maximum absolute atomic E-state index is 12.2. The van der Waals surface area contributed by atoms with Gasteiger partial charge in [-0.25, -0.2) is 8.42 Å². The Morgan fingerprint density at radius 3 is 2.86 bits per heavy atom. The summed E-state index contributed by atoms with van der Waals surface area (Å²) in [7, 11) is -3.67. The second-order valence-corrected chi connectivity index (χ2v) is 7.17. The monoisotopic (exact) mass is 318 g/mol. The Bertz CT molecular complexity index is 950. The van der Waals surface area contributed by atoms with E-state index in [-0.39, 0.29) is 4.21 Å². The molecule has 0 saturated carbocycles. The van der Waals surface area contributed by atoms with Crippen LogP contribution in [0.4, 0.5) is 5.69 Å². The van der Waals surface area contributed by atoms with E-state index in [4.69, 9.17) is 5.26 Å². The summed E-state index contributed by atoms with van der Waals surface area (Å²) in [6.45, 7) is 1.87. The normalized spacial score (nSPS) is 11.4. The fourth-order valence-electron chi connectivity index (χ4n) is 2.13. The van der Waals surface area contributed by atoms with Gasteiger partial charge in [-0.3, -0.25) is 4.72 Å². The maximum Gasteiger partial charge on any atom is 0.273 e. The van der Waals surface area contributed by atoms with E-state index in [1.54, 1.807) is 18.3 Å². The molecule has 2 heterocycles. The minimum absolute atomic E-state index is 0.142. The fourth-order valence-corrected chi connectivity index (χ4v) is 3.93. The number of hydrogen-bond donors (Lipinski definition) is 2. The molecule has 0 atom stereocenters. The van der Waals surface area contributed by atoms with Gasteiger partial charge in [0.1, 0.15) is 6.07 Å². The lowest BCUT2D eigenvalue weighted by atomic mass is 10.1. The van der Waals surface area contributed by atoms with Gasteiger partial charge in [-0.1, -0.05) is 6.07 Å². The summed E-state index contributed by atoms with van der Waals surface area (Å²) in [5.74, 6) is 0. The number of benzene rings is 1. The van der Waals surface area contributed by atoms with Gasteiger partial charge in [-0.05, 0) is 36.2 Å². The van der Waals surface area contributed by atoms with Crippen LogP contribution in [0.5, 0.6) is 0 Å². The van der Waals surface area contributed by atoms with Gasteiger partial charge in [0.15, 0.2) is 4.21 Å². The van der Waals surface area contributed by atoms with E-state index in [2.05, 4.69) is 20.1 Å². The molecule has 0 aliphatic rings. The first-order valence-electron chi connectivity index (χ1n) is 5.97. The lowest BCUT2D eigenvalue weighted by Gasteiger charge is -2.08. The fraction of sp³-hybridized carbons (Fsp3) is 0.0769. The molecule has 2 N–H and O–H groups in total. The molecule has 106 valence electrons. The summed E-state index contributed by atoms with van der Waals surface area (Å²) in [5.41, 5.74) is 2.40. The zero-order valence-electron chi connectivity index (χ0n) is 10.9. The SMILES string of the molecule is Cc1ccc(NS(=O)(=O)c2ccns2)c2[nH]cc(C#N)c12. The van der Waals surface area contributed by atoms with E-state index in [9.17, 15) is 8.42 Å². The van der Waals surface area contributed by atoms with Crippen LogP contribution in [0.15, 0.2) is 34.8 Å². The van der Waals surface area contributed by atoms with E-state index < -0.39 is 10.0 Å². The van der Waals surface area contributed by atoms with Gasteiger partial charge in [0, 0.05) is 17.8 Å². The van der Waals surface area contributed by atoms with Crippen molar-refractivity contribution < 1.29 is 8.42 Å². The zero-order valence-corrected chi connectivity index (χ0v) is 12.5. The quantitative estimate of drug-likeness (QED) is 0.775. The average Bonchev–Trinajstić information content (AvgIpc) is 3.10. The standard InChI is InChI=1S/C13H10N4O2S2/c1-8-2-3-10(13-12(8)9(6-14)7-15-13)17-21(18,19)11-4-5-16-20-11/h2-5,7,15,17H,1H3. The topological polar surface area (TPSA) is 98.6 Å². The molecule has 0 spiro atoms. The summed E-state index contributed by atoms with van der Waals surface area (Å²) >= 11 is 0.904. The highest BCUT2D eigenvalue weighted by atomic mass is 32.2. The maximum atomic E-state index is 12.2. The highest BCUT2D eigenvalue weighted by molar-refractivity contribution is 7.94. The number of hydrogen-bond acceptors (Lipinski definition) is 5. The van der Waals surface area contributed by atoms with Crippen molar-refractivity contribution in [3.8, 4) is 6.07 Å². The first-order chi connectivity index (χ1) is 10.0. The lowest BCUT2D eigenvalue weighted by molar-refractivity contribution is 0.603. The smallest absolute Gasteiger partial charge is 0.273 e. The first kappa shape index (κ1) is 13.6. The highest BCUT2D eigenvalue weighted by Crippen LogP contribution is 2.30. The Balaban J connectivity index is 2.13. The van der Waals surface area contributed by atoms with Crippen LogP contribution in [0.1, 0.15) is 11.1 Å². The Morgan fingerprint density at radius 1 is 1.38 bits per heavy atom. The molecule has 3 aromatic rings. The summed E-state index contributed by atoms with van der Waals surface area (Å²) < 4.78 is 31.0. The molecule has 8 heteroatoms. The van der Waals surface area contributed by atoms with Crippen molar-refractivity contribution in [3.63, 3.8) is 0 Å². The summed E-state index contributed by atoms with van der Waals surface area (Å²) in [4.78, 5) is 2.95. The van der Waals surface area contributed by atoms with Crippen molar-refractivity contribution in [3.05, 3.63) is 41.7 Å². The predicted octanol–water partition coefficient (Wildman–Crippen LogP) is 2.61. The number of rotatable bonds is 3. The molecule has 6 nitrogen and oxygen atoms in total. The van der Waals surface area contributed by atoms with Crippen LogP contribution in [-0.4, -0.2) is 17.8 Å². The van der Waals surface area contributed by atoms with Crippen molar-refractivity contribution in [2.75, 3.05) is 4.72 Å². The van der Waals surface area contributed by atoms with Gasteiger partial charge < -0.3 is 4.98 Å². The number of aromatic nitrogens is 2. The number of aryl methyl sites for hydroxylation is 1. The molecular formula is C13H10N4O2S2. The molecule has 0 unspecified atom stereocenters. The summed E-state index contributed by atoms with van der Waals surface area (Å²) in [6.07, 6.45) is 3.01. The molecule has 0 bridgehead atoms. The minimum atomic E-state index is -3.67. The van der Waals surface area contributed by atoms with Gasteiger partial charge in [-0.2, -0.15) is 9.64 Å². The van der Waals surface area contributed by atoms with Gasteiger partial charge in [0.25, 0.3) is 10.0 Å². The molecule has 21 heavy (non-hydrogen) atoms. The molecule has 1 aromatic carbocycles. The Hall–Kier alpha value is -2.37. The molecule has 0 aliphatic carbocycles. The molecule has 3 rings (SSSR count). The number of nitrogens with zero attached hydrogens (tertiary/aromatic N) is 2. The number of aromatic amines is 1. The van der Waals surface area contributed by atoms with Crippen molar-refractivity contribution >= 4 is 38.1 Å². The Labute approximate surface area is 125 Å². The van der Waals surface area contributed by atoms with E-state index in [1.165, 1.54) is 12.3 Å². The number of fused-ring (bicyclic) bond motifs is 1. The third kappa shape index (κ3) is 2.26. The Kier molecular flexibility index (Phi) is 3.16. The van der Waals surface area contributed by atoms with Gasteiger partial charge in [0.05, 0.1) is 16.8 Å². The van der Waals surface area contributed by atoms with Crippen LogP contribution >= 0.6 is 11.5 Å². The van der Waals surface area contributed by atoms with Crippen molar-refractivity contribution in [2.45, 2.75) is 11.1 Å². The van der Waals surface area contributed by atoms with E-state index >= 15 is 0 Å². The molecule has 0 amide bonds. The second-order valence-electron chi connectivity index (χ2n) is 4.43. The molecule has 0 saturated heterocycles. The molecule has 0 radical (unpaired) electrons. The van der Waals surface area contributed by atoms with Crippen molar-refractivity contribution in [1.82, 2.24) is 9.36 Å². The third-order valence-corrected chi connectivity index (χ3v) is 5.67. The van der Waals surface area contributed by atoms with Crippen LogP contribution in [0.25, 0.3) is 10.9 Å². The summed E-state index contributed by atoms with van der Waals surface area (Å²) in [5, 5.41) is 9.83. The van der Waals surface area contributed by atoms with Crippen LogP contribution < -0.4 is 4.72 Å². The first-order valence-corrected chi connectivity index (χ1v) is 8.23. The number of nitrogens with one attached hydrogen (secondary N) is 2. The average molecular weight is 318 g/mol. The van der Waals surface area contributed by atoms with Crippen LogP contribution in [0.2, 0.25) is 0 Å². The van der Waals surface area contributed by atoms with Crippen molar-refractivity contribution in [2.24, 2.45) is 0 Å². The van der Waals surface area contributed by atoms with Crippen molar-refractivity contribution in [1.29, 1.82) is 5.26 Å². The number of H-pyrrole nitrogens is 1. The second kappa shape index (κ2) is 4.87. The van der Waals surface area contributed by atoms with E-state index in [0.717, 1.165) is 22.5 Å². The Morgan fingerprint density at radius 2 is 2.19 bits per heavy atom. The zero-order chi connectivity index (χ0) is 15.0. The van der Waals surface area contributed by atoms with Crippen LogP contribution in [0.3, 0.4) is 0 Å². The highest BCUT2D eigenvalue weighted by Gasteiger charge is 2.19. The van der Waals surface area contributed by atoms with Crippen LogP contribution in [0, 0.1) is 18.3 Å². The molecule has 0 aliphatic heterocycles. The lowest BCUT2D eigenvalue weighted by Crippen LogP contribution is -2.11. The van der Waals surface area contributed by atoms with E-state index in [0.29, 0.717) is 16.8 Å². The molecule has 2 aromatic heterocycles. The van der Waals surface area contributed by atoms with Gasteiger partial charge in [0.2, 0.25) is 0 Å². The van der Waals surface area contributed by atoms with Gasteiger partial charge >= 0.3 is 0 Å². The molecular weight excluding hydrogens is 308 g/mol. The summed E-state index contributed by atoms with van der Waals surface area (Å²) in [6, 6.07) is 6.98. The predicted molar refractivity (Wildman–Crippen MR) is 80.7 cm³/mol. The molecule has 0 fully saturated rings. The minimum Gasteiger partial charge on any atom is -0.358 e. The van der Waals surface area contributed by atoms with Crippen LogP contribution in [-0.2, 0) is 10.0 Å². The van der Waals surface area contributed by atoms with Gasteiger partial charge in [-0.15, -0.1) is 0 Å². The largest absolute Gasteiger partial charge is 0.358 e. The number of sulfonamides is 1. The number of nitriles is 1. The van der Waals surface area contributed by atoms with E-state index in [1.807, 2.05) is 6.92 Å². The third-order valence-electron chi connectivity index (χ3n) is 3.09. The number of anilines is 1.